The second kappa shape index (κ2) is 9.34. The molecule has 0 aliphatic rings. The van der Waals surface area contributed by atoms with E-state index in [0.717, 1.165) is 5.56 Å². The van der Waals surface area contributed by atoms with Gasteiger partial charge in [-0.05, 0) is 42.8 Å². The van der Waals surface area contributed by atoms with Crippen molar-refractivity contribution in [3.8, 4) is 22.1 Å². The van der Waals surface area contributed by atoms with Gasteiger partial charge in [0.05, 0.1) is 30.9 Å². The summed E-state index contributed by atoms with van der Waals surface area (Å²) in [4.78, 5) is 4.48. The normalized spacial score (nSPS) is 11.4. The van der Waals surface area contributed by atoms with Gasteiger partial charge in [-0.2, -0.15) is 0 Å². The molecule has 29 heavy (non-hydrogen) atoms. The highest BCUT2D eigenvalue weighted by atomic mass is 35.5. The highest BCUT2D eigenvalue weighted by Gasteiger charge is 2.18. The number of benzene rings is 2. The molecular weight excluding hydrogens is 453 g/mol. The fourth-order valence-corrected chi connectivity index (χ4v) is 5.64. The van der Waals surface area contributed by atoms with E-state index in [0.29, 0.717) is 44.4 Å². The molecule has 5 nitrogen and oxygen atoms in total. The predicted molar refractivity (Wildman–Crippen MR) is 118 cm³/mol. The molecule has 0 saturated carbocycles. The van der Waals surface area contributed by atoms with Gasteiger partial charge in [-0.3, -0.25) is 0 Å². The summed E-state index contributed by atoms with van der Waals surface area (Å²) in [6.07, 6.45) is 0. The average Bonchev–Trinajstić information content (AvgIpc) is 3.12. The van der Waals surface area contributed by atoms with E-state index in [9.17, 15) is 8.42 Å². The average molecular weight is 472 g/mol. The van der Waals surface area contributed by atoms with E-state index < -0.39 is 9.84 Å². The molecule has 1 aromatic heterocycles. The van der Waals surface area contributed by atoms with Gasteiger partial charge in [0.1, 0.15) is 5.01 Å². The van der Waals surface area contributed by atoms with Gasteiger partial charge in [-0.15, -0.1) is 11.3 Å². The molecule has 0 amide bonds. The third-order valence-corrected chi connectivity index (χ3v) is 7.03. The van der Waals surface area contributed by atoms with Gasteiger partial charge in [0, 0.05) is 21.0 Å². The maximum absolute atomic E-state index is 12.6. The summed E-state index contributed by atoms with van der Waals surface area (Å²) < 4.78 is 36.1. The third-order valence-electron chi connectivity index (χ3n) is 4.02. The molecule has 0 unspecified atom stereocenters. The first-order valence-corrected chi connectivity index (χ1v) is 12.2. The summed E-state index contributed by atoms with van der Waals surface area (Å²) in [5.74, 6) is 0.910. The number of nitrogens with zero attached hydrogens (tertiary/aromatic N) is 1. The lowest BCUT2D eigenvalue weighted by molar-refractivity contribution is 0.311. The number of methoxy groups -OCH3 is 1. The smallest absolute Gasteiger partial charge is 0.161 e. The van der Waals surface area contributed by atoms with Gasteiger partial charge in [-0.25, -0.2) is 13.4 Å². The minimum atomic E-state index is -3.45. The Morgan fingerprint density at radius 3 is 2.55 bits per heavy atom. The fourth-order valence-electron chi connectivity index (χ4n) is 2.73. The van der Waals surface area contributed by atoms with Crippen LogP contribution in [0.1, 0.15) is 18.2 Å². The van der Waals surface area contributed by atoms with E-state index in [-0.39, 0.29) is 11.5 Å². The van der Waals surface area contributed by atoms with Gasteiger partial charge < -0.3 is 9.47 Å². The Morgan fingerprint density at radius 1 is 1.07 bits per heavy atom. The first kappa shape index (κ1) is 21.9. The lowest BCUT2D eigenvalue weighted by Crippen LogP contribution is -2.08. The lowest BCUT2D eigenvalue weighted by atomic mass is 10.2. The second-order valence-corrected chi connectivity index (χ2v) is 9.98. The first-order chi connectivity index (χ1) is 13.8. The number of hydrogen-bond acceptors (Lipinski definition) is 6. The molecule has 0 radical (unpaired) electrons. The van der Waals surface area contributed by atoms with Gasteiger partial charge in [0.15, 0.2) is 21.3 Å². The maximum Gasteiger partial charge on any atom is 0.161 e. The lowest BCUT2D eigenvalue weighted by Gasteiger charge is -2.10. The van der Waals surface area contributed by atoms with Crippen molar-refractivity contribution in [2.45, 2.75) is 18.4 Å². The van der Waals surface area contributed by atoms with Gasteiger partial charge in [0.2, 0.25) is 0 Å². The van der Waals surface area contributed by atoms with Crippen LogP contribution in [0.25, 0.3) is 10.6 Å². The molecule has 2 aromatic carbocycles. The van der Waals surface area contributed by atoms with Crippen LogP contribution in [0.15, 0.2) is 41.8 Å². The fraction of sp³-hybridized carbons (Fsp3) is 0.250. The van der Waals surface area contributed by atoms with Crippen LogP contribution >= 0.6 is 34.5 Å². The van der Waals surface area contributed by atoms with Crippen LogP contribution in [-0.2, 0) is 21.3 Å². The van der Waals surface area contributed by atoms with Crippen molar-refractivity contribution >= 4 is 44.4 Å². The van der Waals surface area contributed by atoms with E-state index >= 15 is 0 Å². The molecule has 154 valence electrons. The Balaban J connectivity index is 1.77. The zero-order chi connectivity index (χ0) is 21.0. The van der Waals surface area contributed by atoms with Crippen molar-refractivity contribution in [1.82, 2.24) is 4.98 Å². The van der Waals surface area contributed by atoms with E-state index in [1.165, 1.54) is 17.4 Å². The number of thiazole rings is 1. The summed E-state index contributed by atoms with van der Waals surface area (Å²) in [6.45, 7) is 2.44. The molecule has 0 aliphatic heterocycles. The van der Waals surface area contributed by atoms with Crippen LogP contribution in [0.5, 0.6) is 11.5 Å². The third kappa shape index (κ3) is 5.63. The van der Waals surface area contributed by atoms with Crippen LogP contribution in [0, 0.1) is 0 Å². The maximum atomic E-state index is 12.6. The predicted octanol–water partition coefficient (Wildman–Crippen LogP) is 5.64. The summed E-state index contributed by atoms with van der Waals surface area (Å²) >= 11 is 13.3. The number of halogens is 2. The molecule has 0 aliphatic carbocycles. The molecule has 3 rings (SSSR count). The van der Waals surface area contributed by atoms with Crippen LogP contribution in [0.4, 0.5) is 0 Å². The molecule has 0 saturated heterocycles. The van der Waals surface area contributed by atoms with Crippen LogP contribution in [0.2, 0.25) is 10.0 Å². The molecule has 0 spiro atoms. The second-order valence-electron chi connectivity index (χ2n) is 6.21. The van der Waals surface area contributed by atoms with E-state index in [2.05, 4.69) is 4.98 Å². The standard InChI is InChI=1S/C20H19Cl2NO4S2/c1-3-27-18-7-5-13(8-19(18)26-2)20-23-16(10-28-20)12-29(24,25)11-14-4-6-15(21)9-17(14)22/h4-10H,3,11-12H2,1-2H3. The molecule has 0 fully saturated rings. The van der Waals surface area contributed by atoms with E-state index in [1.54, 1.807) is 24.6 Å². The van der Waals surface area contributed by atoms with Crippen molar-refractivity contribution in [2.24, 2.45) is 0 Å². The monoisotopic (exact) mass is 471 g/mol. The van der Waals surface area contributed by atoms with Crippen LogP contribution in [0.3, 0.4) is 0 Å². The highest BCUT2D eigenvalue weighted by molar-refractivity contribution is 7.89. The molecule has 0 bridgehead atoms. The molecule has 9 heteroatoms. The van der Waals surface area contributed by atoms with Crippen LogP contribution < -0.4 is 9.47 Å². The van der Waals surface area contributed by atoms with Crippen molar-refractivity contribution in [2.75, 3.05) is 13.7 Å². The Kier molecular flexibility index (Phi) is 7.05. The molecular formula is C20H19Cl2NO4S2. The molecule has 3 aromatic rings. The highest BCUT2D eigenvalue weighted by Crippen LogP contribution is 2.34. The zero-order valence-corrected chi connectivity index (χ0v) is 19.0. The number of rotatable bonds is 8. The summed E-state index contributed by atoms with van der Waals surface area (Å²) in [7, 11) is -1.87. The Hall–Kier alpha value is -1.80. The summed E-state index contributed by atoms with van der Waals surface area (Å²) in [5, 5.41) is 3.26. The van der Waals surface area contributed by atoms with Crippen molar-refractivity contribution in [3.63, 3.8) is 0 Å². The van der Waals surface area contributed by atoms with Crippen molar-refractivity contribution in [3.05, 3.63) is 63.1 Å². The van der Waals surface area contributed by atoms with Gasteiger partial charge >= 0.3 is 0 Å². The summed E-state index contributed by atoms with van der Waals surface area (Å²) in [6, 6.07) is 10.3. The Labute approximate surface area is 184 Å². The quantitative estimate of drug-likeness (QED) is 0.425. The molecule has 1 heterocycles. The number of hydrogen-bond donors (Lipinski definition) is 0. The summed E-state index contributed by atoms with van der Waals surface area (Å²) in [5.41, 5.74) is 1.84. The zero-order valence-electron chi connectivity index (χ0n) is 15.8. The Bertz CT molecular complexity index is 1110. The van der Waals surface area contributed by atoms with E-state index in [4.69, 9.17) is 32.7 Å². The van der Waals surface area contributed by atoms with E-state index in [1.807, 2.05) is 25.1 Å². The SMILES string of the molecule is CCOc1ccc(-c2nc(CS(=O)(=O)Cc3ccc(Cl)cc3Cl)cs2)cc1OC. The number of sulfone groups is 1. The number of aromatic nitrogens is 1. The molecule has 0 N–H and O–H groups in total. The van der Waals surface area contributed by atoms with Gasteiger partial charge in [0.25, 0.3) is 0 Å². The molecule has 0 atom stereocenters. The minimum Gasteiger partial charge on any atom is -0.493 e. The number of ether oxygens (including phenoxy) is 2. The van der Waals surface area contributed by atoms with Crippen molar-refractivity contribution in [1.29, 1.82) is 0 Å². The minimum absolute atomic E-state index is 0.170. The topological polar surface area (TPSA) is 65.5 Å². The van der Waals surface area contributed by atoms with Gasteiger partial charge in [-0.1, -0.05) is 29.3 Å². The largest absolute Gasteiger partial charge is 0.493 e. The first-order valence-electron chi connectivity index (χ1n) is 8.71. The Morgan fingerprint density at radius 2 is 1.86 bits per heavy atom. The van der Waals surface area contributed by atoms with Crippen LogP contribution in [-0.4, -0.2) is 27.1 Å². The van der Waals surface area contributed by atoms with Crippen molar-refractivity contribution < 1.29 is 17.9 Å².